The Hall–Kier alpha value is -0.240. The smallest absolute Gasteiger partial charge is 0.0969 e. The molecule has 174 valence electrons. The van der Waals surface area contributed by atoms with Crippen molar-refractivity contribution in [2.45, 2.75) is 127 Å². The van der Waals surface area contributed by atoms with E-state index in [1.807, 2.05) is 0 Å². The second-order valence-electron chi connectivity index (χ2n) is 13.2. The Morgan fingerprint density at radius 3 is 1.03 bits per heavy atom. The van der Waals surface area contributed by atoms with Gasteiger partial charge in [-0.15, -0.1) is 0 Å². The van der Waals surface area contributed by atoms with E-state index in [1.54, 1.807) is 0 Å². The molecule has 0 spiro atoms. The number of likely N-dealkylation sites (tertiary alicyclic amines) is 2. The van der Waals surface area contributed by atoms with Crippen LogP contribution in [-0.4, -0.2) is 91.9 Å². The van der Waals surface area contributed by atoms with E-state index in [0.29, 0.717) is 37.9 Å². The van der Waals surface area contributed by atoms with Gasteiger partial charge in [0.15, 0.2) is 0 Å². The summed E-state index contributed by atoms with van der Waals surface area (Å²) in [5.74, 6) is 0. The largest absolute Gasteiger partial charge is 0.387 e. The lowest BCUT2D eigenvalue weighted by Gasteiger charge is -2.66. The van der Waals surface area contributed by atoms with E-state index < -0.39 is 11.2 Å². The van der Waals surface area contributed by atoms with Crippen molar-refractivity contribution in [2.75, 3.05) is 26.3 Å². The monoisotopic (exact) mass is 424 g/mol. The van der Waals surface area contributed by atoms with Crippen LogP contribution in [0.15, 0.2) is 0 Å². The highest BCUT2D eigenvalue weighted by Crippen LogP contribution is 2.55. The fourth-order valence-corrected chi connectivity index (χ4v) is 7.41. The fourth-order valence-electron chi connectivity index (χ4n) is 7.41. The Bertz CT molecular complexity index is 585. The van der Waals surface area contributed by atoms with Gasteiger partial charge in [-0.05, 0) is 81.1 Å². The van der Waals surface area contributed by atoms with Gasteiger partial charge in [0.2, 0.25) is 0 Å². The van der Waals surface area contributed by atoms with Gasteiger partial charge in [0, 0.05) is 35.2 Å². The minimum atomic E-state index is -1.14. The molecular formula is C24H44N2O4. The lowest BCUT2D eigenvalue weighted by Crippen LogP contribution is -2.76. The molecule has 4 aliphatic heterocycles. The number of ether oxygens (including phenoxy) is 2. The van der Waals surface area contributed by atoms with Gasteiger partial charge in [-0.3, -0.25) is 9.80 Å². The van der Waals surface area contributed by atoms with E-state index in [2.05, 4.69) is 65.2 Å². The van der Waals surface area contributed by atoms with Crippen molar-refractivity contribution in [2.24, 2.45) is 0 Å². The van der Waals surface area contributed by atoms with Gasteiger partial charge in [0.05, 0.1) is 36.6 Å². The van der Waals surface area contributed by atoms with Crippen molar-refractivity contribution in [3.05, 3.63) is 0 Å². The molecular weight excluding hydrogens is 380 g/mol. The van der Waals surface area contributed by atoms with Crippen molar-refractivity contribution < 1.29 is 19.7 Å². The van der Waals surface area contributed by atoms with Crippen molar-refractivity contribution in [1.29, 1.82) is 0 Å². The van der Waals surface area contributed by atoms with Crippen LogP contribution in [0.3, 0.4) is 0 Å². The van der Waals surface area contributed by atoms with Gasteiger partial charge in [0.1, 0.15) is 0 Å². The highest BCUT2D eigenvalue weighted by molar-refractivity contribution is 5.19. The molecule has 2 atom stereocenters. The first-order valence-electron chi connectivity index (χ1n) is 11.7. The van der Waals surface area contributed by atoms with Gasteiger partial charge < -0.3 is 19.7 Å². The highest BCUT2D eigenvalue weighted by Gasteiger charge is 2.65. The van der Waals surface area contributed by atoms with Crippen molar-refractivity contribution in [3.8, 4) is 0 Å². The van der Waals surface area contributed by atoms with Gasteiger partial charge in [-0.1, -0.05) is 0 Å². The van der Waals surface area contributed by atoms with Crippen LogP contribution < -0.4 is 0 Å². The molecule has 0 radical (unpaired) electrons. The molecule has 0 aromatic carbocycles. The lowest BCUT2D eigenvalue weighted by molar-refractivity contribution is -0.262. The summed E-state index contributed by atoms with van der Waals surface area (Å²) in [6, 6.07) is 0. The average Bonchev–Trinajstić information content (AvgIpc) is 3.39. The van der Waals surface area contributed by atoms with Crippen LogP contribution in [0.2, 0.25) is 0 Å². The average molecular weight is 425 g/mol. The standard InChI is InChI=1S/C24H44N2O4/c1-19(2)13-23(27,14-20(3,4)25(19)9-17-11-29-17)24(28)15-21(5,6)26(10-18-12-30-18)22(7,8)16-24/h17-18,27-28H,9-16H2,1-8H3. The third kappa shape index (κ3) is 3.97. The Morgan fingerprint density at radius 2 is 0.833 bits per heavy atom. The molecule has 0 saturated carbocycles. The molecule has 4 fully saturated rings. The lowest BCUT2D eigenvalue weighted by atomic mass is 9.57. The molecule has 4 heterocycles. The third-order valence-corrected chi connectivity index (χ3v) is 8.27. The van der Waals surface area contributed by atoms with Crippen LogP contribution >= 0.6 is 0 Å². The molecule has 2 unspecified atom stereocenters. The van der Waals surface area contributed by atoms with Gasteiger partial charge in [-0.25, -0.2) is 0 Å². The summed E-state index contributed by atoms with van der Waals surface area (Å²) >= 11 is 0. The number of aliphatic hydroxyl groups is 2. The topological polar surface area (TPSA) is 72.0 Å². The van der Waals surface area contributed by atoms with Crippen molar-refractivity contribution >= 4 is 0 Å². The molecule has 0 aromatic rings. The van der Waals surface area contributed by atoms with Crippen molar-refractivity contribution in [3.63, 3.8) is 0 Å². The number of piperidine rings is 2. The fraction of sp³-hybridized carbons (Fsp3) is 1.00. The summed E-state index contributed by atoms with van der Waals surface area (Å²) in [6.07, 6.45) is 2.86. The van der Waals surface area contributed by atoms with Crippen molar-refractivity contribution in [1.82, 2.24) is 9.80 Å². The molecule has 6 heteroatoms. The maximum atomic E-state index is 12.2. The normalized spacial score (nSPS) is 38.2. The van der Waals surface area contributed by atoms with E-state index in [-0.39, 0.29) is 22.2 Å². The second-order valence-corrected chi connectivity index (χ2v) is 13.2. The maximum Gasteiger partial charge on any atom is 0.0969 e. The predicted molar refractivity (Wildman–Crippen MR) is 118 cm³/mol. The van der Waals surface area contributed by atoms with Crippen LogP contribution in [0.5, 0.6) is 0 Å². The van der Waals surface area contributed by atoms with Crippen LogP contribution in [0.4, 0.5) is 0 Å². The van der Waals surface area contributed by atoms with E-state index in [1.165, 1.54) is 0 Å². The molecule has 2 N–H and O–H groups in total. The summed E-state index contributed by atoms with van der Waals surface area (Å²) in [5, 5.41) is 24.4. The Balaban J connectivity index is 1.63. The summed E-state index contributed by atoms with van der Waals surface area (Å²) < 4.78 is 11.0. The molecule has 4 rings (SSSR count). The zero-order valence-electron chi connectivity index (χ0n) is 20.4. The SMILES string of the molecule is CC1(C)CC(O)(C2(O)CC(C)(C)N(CC3CO3)C(C)(C)C2)CC(C)(C)N1CC1CO1. The minimum absolute atomic E-state index is 0.231. The van der Waals surface area contributed by atoms with E-state index >= 15 is 0 Å². The van der Waals surface area contributed by atoms with Crippen LogP contribution in [0.1, 0.15) is 81.1 Å². The second kappa shape index (κ2) is 6.64. The Labute approximate surface area is 182 Å². The summed E-state index contributed by atoms with van der Waals surface area (Å²) in [5.41, 5.74) is -3.21. The maximum absolute atomic E-state index is 12.2. The van der Waals surface area contributed by atoms with Gasteiger partial charge in [-0.2, -0.15) is 0 Å². The molecule has 0 aliphatic carbocycles. The number of hydrogen-bond donors (Lipinski definition) is 2. The quantitative estimate of drug-likeness (QED) is 0.661. The number of nitrogens with zero attached hydrogens (tertiary/aromatic N) is 2. The van der Waals surface area contributed by atoms with E-state index in [4.69, 9.17) is 9.47 Å². The van der Waals surface area contributed by atoms with Gasteiger partial charge >= 0.3 is 0 Å². The number of epoxide rings is 2. The number of hydrogen-bond acceptors (Lipinski definition) is 6. The van der Waals surface area contributed by atoms with Crippen LogP contribution in [0.25, 0.3) is 0 Å². The Kier molecular flexibility index (Phi) is 5.08. The summed E-state index contributed by atoms with van der Waals surface area (Å²) in [4.78, 5) is 4.98. The molecule has 0 aromatic heterocycles. The molecule has 30 heavy (non-hydrogen) atoms. The third-order valence-electron chi connectivity index (χ3n) is 8.27. The minimum Gasteiger partial charge on any atom is -0.387 e. The summed E-state index contributed by atoms with van der Waals surface area (Å²) in [7, 11) is 0. The first-order chi connectivity index (χ1) is 13.5. The van der Waals surface area contributed by atoms with Crippen LogP contribution in [-0.2, 0) is 9.47 Å². The zero-order chi connectivity index (χ0) is 22.4. The summed E-state index contributed by atoms with van der Waals surface area (Å²) in [6.45, 7) is 21.1. The number of rotatable bonds is 5. The molecule has 4 saturated heterocycles. The molecule has 6 nitrogen and oxygen atoms in total. The first-order valence-corrected chi connectivity index (χ1v) is 11.7. The van der Waals surface area contributed by atoms with E-state index in [9.17, 15) is 10.2 Å². The van der Waals surface area contributed by atoms with Gasteiger partial charge in [0.25, 0.3) is 0 Å². The van der Waals surface area contributed by atoms with Crippen LogP contribution in [0, 0.1) is 0 Å². The Morgan fingerprint density at radius 1 is 0.600 bits per heavy atom. The molecule has 4 aliphatic rings. The highest BCUT2D eigenvalue weighted by atomic mass is 16.6. The molecule has 0 amide bonds. The molecule has 0 bridgehead atoms. The first kappa shape index (κ1) is 22.9. The predicted octanol–water partition coefficient (Wildman–Crippen LogP) is 2.55. The van der Waals surface area contributed by atoms with E-state index in [0.717, 1.165) is 26.3 Å². The zero-order valence-corrected chi connectivity index (χ0v) is 20.4.